The number of pyridine rings is 1. The van der Waals surface area contributed by atoms with Crippen LogP contribution in [0, 0.1) is 0 Å². The lowest BCUT2D eigenvalue weighted by atomic mass is 9.84. The number of fused-ring (bicyclic) bond motifs is 1. The van der Waals surface area contributed by atoms with Gasteiger partial charge in [-0.2, -0.15) is 0 Å². The Labute approximate surface area is 125 Å². The SMILES string of the molecule is CC(O)(Cc1cnccc1N)c1ccc2c(c1)CCCC2. The van der Waals surface area contributed by atoms with Gasteiger partial charge >= 0.3 is 0 Å². The van der Waals surface area contributed by atoms with Gasteiger partial charge in [-0.25, -0.2) is 0 Å². The fourth-order valence-electron chi connectivity index (χ4n) is 3.13. The summed E-state index contributed by atoms with van der Waals surface area (Å²) < 4.78 is 0. The Kier molecular flexibility index (Phi) is 3.68. The maximum atomic E-state index is 10.9. The molecule has 0 aliphatic heterocycles. The molecule has 21 heavy (non-hydrogen) atoms. The lowest BCUT2D eigenvalue weighted by Crippen LogP contribution is -2.25. The Morgan fingerprint density at radius 3 is 2.71 bits per heavy atom. The molecule has 1 aromatic carbocycles. The molecular formula is C18H22N2O. The van der Waals surface area contributed by atoms with E-state index in [1.807, 2.05) is 6.92 Å². The van der Waals surface area contributed by atoms with Crippen molar-refractivity contribution in [2.45, 2.75) is 44.6 Å². The number of nitrogens with two attached hydrogens (primary N) is 1. The highest BCUT2D eigenvalue weighted by molar-refractivity contribution is 5.46. The van der Waals surface area contributed by atoms with Crippen LogP contribution in [0.2, 0.25) is 0 Å². The van der Waals surface area contributed by atoms with Gasteiger partial charge in [0.1, 0.15) is 0 Å². The van der Waals surface area contributed by atoms with Gasteiger partial charge in [0.2, 0.25) is 0 Å². The number of benzene rings is 1. The number of nitrogens with zero attached hydrogens (tertiary/aromatic N) is 1. The zero-order valence-electron chi connectivity index (χ0n) is 12.5. The molecule has 0 fully saturated rings. The maximum Gasteiger partial charge on any atom is 0.0910 e. The van der Waals surface area contributed by atoms with Crippen molar-refractivity contribution < 1.29 is 5.11 Å². The molecule has 0 saturated heterocycles. The minimum absolute atomic E-state index is 0.478. The van der Waals surface area contributed by atoms with Gasteiger partial charge in [0.25, 0.3) is 0 Å². The Bertz CT molecular complexity index is 649. The van der Waals surface area contributed by atoms with Crippen molar-refractivity contribution in [2.24, 2.45) is 0 Å². The molecule has 3 N–H and O–H groups in total. The minimum atomic E-state index is -0.927. The summed E-state index contributed by atoms with van der Waals surface area (Å²) in [5, 5.41) is 10.9. The van der Waals surface area contributed by atoms with Crippen LogP contribution < -0.4 is 5.73 Å². The summed E-state index contributed by atoms with van der Waals surface area (Å²) in [5.41, 5.74) is 10.4. The van der Waals surface area contributed by atoms with Crippen molar-refractivity contribution in [1.82, 2.24) is 4.98 Å². The van der Waals surface area contributed by atoms with Crippen LogP contribution in [-0.2, 0) is 24.9 Å². The molecule has 2 aromatic rings. The topological polar surface area (TPSA) is 59.1 Å². The van der Waals surface area contributed by atoms with Crippen LogP contribution in [-0.4, -0.2) is 10.1 Å². The largest absolute Gasteiger partial charge is 0.398 e. The van der Waals surface area contributed by atoms with E-state index in [0.717, 1.165) is 24.0 Å². The second-order valence-electron chi connectivity index (χ2n) is 6.22. The summed E-state index contributed by atoms with van der Waals surface area (Å²) >= 11 is 0. The first-order chi connectivity index (χ1) is 10.1. The van der Waals surface area contributed by atoms with Gasteiger partial charge in [-0.3, -0.25) is 4.98 Å². The average molecular weight is 282 g/mol. The van der Waals surface area contributed by atoms with E-state index >= 15 is 0 Å². The maximum absolute atomic E-state index is 10.9. The third kappa shape index (κ3) is 2.93. The average Bonchev–Trinajstić information content (AvgIpc) is 2.49. The molecule has 1 unspecified atom stereocenters. The number of hydrogen-bond donors (Lipinski definition) is 2. The van der Waals surface area contributed by atoms with Crippen LogP contribution in [0.15, 0.2) is 36.7 Å². The molecule has 110 valence electrons. The second-order valence-corrected chi connectivity index (χ2v) is 6.22. The van der Waals surface area contributed by atoms with E-state index in [-0.39, 0.29) is 0 Å². The minimum Gasteiger partial charge on any atom is -0.398 e. The van der Waals surface area contributed by atoms with Crippen LogP contribution in [0.3, 0.4) is 0 Å². The first kappa shape index (κ1) is 14.1. The molecule has 0 radical (unpaired) electrons. The third-order valence-electron chi connectivity index (χ3n) is 4.45. The number of rotatable bonds is 3. The predicted molar refractivity (Wildman–Crippen MR) is 85.0 cm³/mol. The van der Waals surface area contributed by atoms with Crippen LogP contribution in [0.25, 0.3) is 0 Å². The normalized spacial score (nSPS) is 17.0. The molecule has 0 amide bonds. The zero-order chi connectivity index (χ0) is 14.9. The molecule has 3 heteroatoms. The Hall–Kier alpha value is -1.87. The van der Waals surface area contributed by atoms with Crippen molar-refractivity contribution in [3.05, 3.63) is 58.9 Å². The quantitative estimate of drug-likeness (QED) is 0.910. The third-order valence-corrected chi connectivity index (χ3v) is 4.45. The lowest BCUT2D eigenvalue weighted by molar-refractivity contribution is 0.0576. The predicted octanol–water partition coefficient (Wildman–Crippen LogP) is 2.99. The van der Waals surface area contributed by atoms with Gasteiger partial charge in [0.15, 0.2) is 0 Å². The molecule has 0 saturated carbocycles. The fourth-order valence-corrected chi connectivity index (χ4v) is 3.13. The zero-order valence-corrected chi connectivity index (χ0v) is 12.5. The Morgan fingerprint density at radius 2 is 1.95 bits per heavy atom. The molecule has 0 spiro atoms. The van der Waals surface area contributed by atoms with Gasteiger partial charge in [-0.15, -0.1) is 0 Å². The first-order valence-electron chi connectivity index (χ1n) is 7.59. The van der Waals surface area contributed by atoms with Crippen LogP contribution in [0.1, 0.15) is 42.0 Å². The van der Waals surface area contributed by atoms with E-state index < -0.39 is 5.60 Å². The number of anilines is 1. The van der Waals surface area contributed by atoms with Crippen molar-refractivity contribution in [2.75, 3.05) is 5.73 Å². The highest BCUT2D eigenvalue weighted by Gasteiger charge is 2.26. The Balaban J connectivity index is 1.89. The van der Waals surface area contributed by atoms with Gasteiger partial charge in [0.05, 0.1) is 5.60 Å². The standard InChI is InChI=1S/C18H22N2O/c1-18(21,11-15-12-20-9-8-17(15)19)16-7-6-13-4-2-3-5-14(13)10-16/h6-10,12,21H,2-5,11H2,1H3,(H2,19,20). The van der Waals surface area contributed by atoms with Crippen molar-refractivity contribution in [3.8, 4) is 0 Å². The van der Waals surface area contributed by atoms with Crippen molar-refractivity contribution in [1.29, 1.82) is 0 Å². The van der Waals surface area contributed by atoms with Crippen molar-refractivity contribution >= 4 is 5.69 Å². The van der Waals surface area contributed by atoms with E-state index in [2.05, 4.69) is 23.2 Å². The molecule has 3 rings (SSSR count). The number of aryl methyl sites for hydroxylation is 2. The van der Waals surface area contributed by atoms with Crippen LogP contribution in [0.4, 0.5) is 5.69 Å². The molecule has 1 atom stereocenters. The van der Waals surface area contributed by atoms with Gasteiger partial charge in [0, 0.05) is 24.5 Å². The number of aliphatic hydroxyl groups is 1. The molecule has 0 bridgehead atoms. The van der Waals surface area contributed by atoms with Gasteiger partial charge in [-0.1, -0.05) is 18.2 Å². The highest BCUT2D eigenvalue weighted by Crippen LogP contribution is 2.31. The van der Waals surface area contributed by atoms with E-state index in [4.69, 9.17) is 5.73 Å². The van der Waals surface area contributed by atoms with Crippen LogP contribution >= 0.6 is 0 Å². The molecule has 1 aromatic heterocycles. The summed E-state index contributed by atoms with van der Waals surface area (Å²) in [6.45, 7) is 1.85. The van der Waals surface area contributed by atoms with Gasteiger partial charge in [-0.05, 0) is 60.9 Å². The number of nitrogen functional groups attached to an aromatic ring is 1. The van der Waals surface area contributed by atoms with E-state index in [1.165, 1.54) is 24.0 Å². The molecule has 1 aliphatic rings. The van der Waals surface area contributed by atoms with Crippen LogP contribution in [0.5, 0.6) is 0 Å². The number of hydrogen-bond acceptors (Lipinski definition) is 3. The monoisotopic (exact) mass is 282 g/mol. The molecular weight excluding hydrogens is 260 g/mol. The Morgan fingerprint density at radius 1 is 1.19 bits per heavy atom. The number of aromatic nitrogens is 1. The molecule has 1 heterocycles. The smallest absolute Gasteiger partial charge is 0.0910 e. The van der Waals surface area contributed by atoms with E-state index in [0.29, 0.717) is 12.1 Å². The van der Waals surface area contributed by atoms with Crippen molar-refractivity contribution in [3.63, 3.8) is 0 Å². The van der Waals surface area contributed by atoms with E-state index in [1.54, 1.807) is 18.5 Å². The van der Waals surface area contributed by atoms with Gasteiger partial charge < -0.3 is 10.8 Å². The molecule has 1 aliphatic carbocycles. The molecule has 3 nitrogen and oxygen atoms in total. The summed E-state index contributed by atoms with van der Waals surface area (Å²) in [6.07, 6.45) is 8.69. The lowest BCUT2D eigenvalue weighted by Gasteiger charge is -2.27. The highest BCUT2D eigenvalue weighted by atomic mass is 16.3. The summed E-state index contributed by atoms with van der Waals surface area (Å²) in [6, 6.07) is 8.17. The fraction of sp³-hybridized carbons (Fsp3) is 0.389. The first-order valence-corrected chi connectivity index (χ1v) is 7.59. The second kappa shape index (κ2) is 5.49. The van der Waals surface area contributed by atoms with E-state index in [9.17, 15) is 5.11 Å². The summed E-state index contributed by atoms with van der Waals surface area (Å²) in [5.74, 6) is 0. The summed E-state index contributed by atoms with van der Waals surface area (Å²) in [7, 11) is 0. The summed E-state index contributed by atoms with van der Waals surface area (Å²) in [4.78, 5) is 4.10.